The molecule has 1 aliphatic heterocycles. The summed E-state index contributed by atoms with van der Waals surface area (Å²) in [6.07, 6.45) is 4.30. The van der Waals surface area contributed by atoms with Crippen molar-refractivity contribution >= 4 is 21.7 Å². The van der Waals surface area contributed by atoms with Gasteiger partial charge in [0.15, 0.2) is 0 Å². The zero-order chi connectivity index (χ0) is 14.4. The van der Waals surface area contributed by atoms with E-state index >= 15 is 0 Å². The van der Waals surface area contributed by atoms with Gasteiger partial charge in [-0.3, -0.25) is 0 Å². The van der Waals surface area contributed by atoms with Crippen LogP contribution < -0.4 is 10.2 Å². The molecule has 1 aromatic rings. The first-order valence-electron chi connectivity index (χ1n) is 7.34. The van der Waals surface area contributed by atoms with Crippen molar-refractivity contribution in [3.05, 3.63) is 22.3 Å². The number of aromatic nitrogens is 1. The van der Waals surface area contributed by atoms with Gasteiger partial charge >= 0.3 is 0 Å². The molecule has 2 rings (SSSR count). The summed E-state index contributed by atoms with van der Waals surface area (Å²) in [4.78, 5) is 6.86. The highest BCUT2D eigenvalue weighted by molar-refractivity contribution is 9.10. The summed E-state index contributed by atoms with van der Waals surface area (Å²) < 4.78 is 6.60. The zero-order valence-electron chi connectivity index (χ0n) is 12.4. The summed E-state index contributed by atoms with van der Waals surface area (Å²) in [5.41, 5.74) is 1.24. The molecule has 0 aliphatic carbocycles. The molecule has 1 aromatic heterocycles. The first-order valence-corrected chi connectivity index (χ1v) is 8.14. The third kappa shape index (κ3) is 4.43. The van der Waals surface area contributed by atoms with Crippen LogP contribution in [0.25, 0.3) is 0 Å². The molecule has 1 saturated heterocycles. The molecule has 0 amide bonds. The number of nitrogens with one attached hydrogen (secondary N) is 1. The van der Waals surface area contributed by atoms with Crippen molar-refractivity contribution in [1.82, 2.24) is 10.3 Å². The molecule has 4 nitrogen and oxygen atoms in total. The van der Waals surface area contributed by atoms with Crippen molar-refractivity contribution in [2.24, 2.45) is 5.92 Å². The summed E-state index contributed by atoms with van der Waals surface area (Å²) in [6.45, 7) is 6.74. The molecule has 0 radical (unpaired) electrons. The van der Waals surface area contributed by atoms with Crippen LogP contribution in [0.5, 0.6) is 0 Å². The van der Waals surface area contributed by atoms with E-state index in [1.54, 1.807) is 0 Å². The number of hydrogen-bond donors (Lipinski definition) is 1. The van der Waals surface area contributed by atoms with Gasteiger partial charge in [0.25, 0.3) is 0 Å². The third-order valence-electron chi connectivity index (χ3n) is 3.62. The molecule has 1 aliphatic rings. The second kappa shape index (κ2) is 7.96. The van der Waals surface area contributed by atoms with E-state index < -0.39 is 0 Å². The minimum Gasteiger partial charge on any atom is -0.381 e. The summed E-state index contributed by atoms with van der Waals surface area (Å²) >= 11 is 3.51. The van der Waals surface area contributed by atoms with Gasteiger partial charge < -0.3 is 15.0 Å². The summed E-state index contributed by atoms with van der Waals surface area (Å²) in [7, 11) is 2.13. The maximum atomic E-state index is 5.57. The average Bonchev–Trinajstić information content (AvgIpc) is 2.46. The molecule has 1 fully saturated rings. The minimum atomic E-state index is 0.617. The molecule has 5 heteroatoms. The Labute approximate surface area is 130 Å². The van der Waals surface area contributed by atoms with E-state index in [1.807, 2.05) is 6.20 Å². The van der Waals surface area contributed by atoms with Gasteiger partial charge in [-0.05, 0) is 47.3 Å². The van der Waals surface area contributed by atoms with Crippen LogP contribution in [0.1, 0.15) is 25.3 Å². The Balaban J connectivity index is 2.05. The number of nitrogens with zero attached hydrogens (tertiary/aromatic N) is 2. The lowest BCUT2D eigenvalue weighted by Gasteiger charge is -2.29. The fourth-order valence-electron chi connectivity index (χ4n) is 2.63. The van der Waals surface area contributed by atoms with Crippen LogP contribution in [-0.2, 0) is 11.3 Å². The monoisotopic (exact) mass is 341 g/mol. The lowest BCUT2D eigenvalue weighted by Crippen LogP contribution is -2.32. The fraction of sp³-hybridized carbons (Fsp3) is 0.667. The molecule has 0 saturated carbocycles. The normalized spacial score (nSPS) is 19.1. The molecule has 112 valence electrons. The molecule has 1 unspecified atom stereocenters. The summed E-state index contributed by atoms with van der Waals surface area (Å²) in [6, 6.07) is 2.15. The Morgan fingerprint density at radius 1 is 1.55 bits per heavy atom. The molecule has 1 N–H and O–H groups in total. The van der Waals surface area contributed by atoms with Crippen LogP contribution in [0.4, 0.5) is 5.82 Å². The fourth-order valence-corrected chi connectivity index (χ4v) is 3.01. The van der Waals surface area contributed by atoms with E-state index in [4.69, 9.17) is 4.74 Å². The molecule has 1 atom stereocenters. The highest BCUT2D eigenvalue weighted by Gasteiger charge is 2.18. The van der Waals surface area contributed by atoms with Crippen molar-refractivity contribution < 1.29 is 4.74 Å². The van der Waals surface area contributed by atoms with Gasteiger partial charge in [0, 0.05) is 43.0 Å². The molecular weight excluding hydrogens is 318 g/mol. The topological polar surface area (TPSA) is 37.4 Å². The highest BCUT2D eigenvalue weighted by Crippen LogP contribution is 2.23. The predicted octanol–water partition coefficient (Wildman–Crippen LogP) is 2.82. The molecular formula is C15H24BrN3O. The molecule has 0 spiro atoms. The van der Waals surface area contributed by atoms with Crippen molar-refractivity contribution in [3.8, 4) is 0 Å². The van der Waals surface area contributed by atoms with Crippen LogP contribution in [0, 0.1) is 5.92 Å². The quantitative estimate of drug-likeness (QED) is 0.863. The average molecular weight is 342 g/mol. The largest absolute Gasteiger partial charge is 0.381 e. The first kappa shape index (κ1) is 15.7. The lowest BCUT2D eigenvalue weighted by molar-refractivity contribution is 0.0576. The number of halogens is 1. The SMILES string of the molecule is CCNCc1cc(Br)cnc1N(C)CC1CCCOC1. The molecule has 0 bridgehead atoms. The van der Waals surface area contributed by atoms with Gasteiger partial charge in [-0.2, -0.15) is 0 Å². The van der Waals surface area contributed by atoms with Crippen molar-refractivity contribution in [2.45, 2.75) is 26.3 Å². The second-order valence-electron chi connectivity index (χ2n) is 5.38. The van der Waals surface area contributed by atoms with Crippen molar-refractivity contribution in [3.63, 3.8) is 0 Å². The van der Waals surface area contributed by atoms with Crippen molar-refractivity contribution in [1.29, 1.82) is 0 Å². The smallest absolute Gasteiger partial charge is 0.132 e. The van der Waals surface area contributed by atoms with Gasteiger partial charge in [0.2, 0.25) is 0 Å². The van der Waals surface area contributed by atoms with Gasteiger partial charge in [-0.25, -0.2) is 4.98 Å². The number of ether oxygens (including phenoxy) is 1. The Hall–Kier alpha value is -0.650. The van der Waals surface area contributed by atoms with Gasteiger partial charge in [-0.15, -0.1) is 0 Å². The van der Waals surface area contributed by atoms with Crippen LogP contribution in [0.15, 0.2) is 16.7 Å². The lowest BCUT2D eigenvalue weighted by atomic mass is 10.0. The first-order chi connectivity index (χ1) is 9.70. The van der Waals surface area contributed by atoms with E-state index in [0.717, 1.165) is 43.1 Å². The van der Waals surface area contributed by atoms with Gasteiger partial charge in [0.1, 0.15) is 5.82 Å². The maximum absolute atomic E-state index is 5.57. The summed E-state index contributed by atoms with van der Waals surface area (Å²) in [5, 5.41) is 3.38. The second-order valence-corrected chi connectivity index (χ2v) is 6.30. The number of anilines is 1. The molecule has 0 aromatic carbocycles. The van der Waals surface area contributed by atoms with Crippen LogP contribution >= 0.6 is 15.9 Å². The predicted molar refractivity (Wildman–Crippen MR) is 86.1 cm³/mol. The van der Waals surface area contributed by atoms with Gasteiger partial charge in [0.05, 0.1) is 6.61 Å². The number of rotatable bonds is 6. The zero-order valence-corrected chi connectivity index (χ0v) is 13.9. The van der Waals surface area contributed by atoms with Gasteiger partial charge in [-0.1, -0.05) is 6.92 Å². The number of pyridine rings is 1. The van der Waals surface area contributed by atoms with E-state index in [1.165, 1.54) is 18.4 Å². The Bertz CT molecular complexity index is 422. The third-order valence-corrected chi connectivity index (χ3v) is 4.06. The highest BCUT2D eigenvalue weighted by atomic mass is 79.9. The van der Waals surface area contributed by atoms with Crippen molar-refractivity contribution in [2.75, 3.05) is 38.3 Å². The molecule has 2 heterocycles. The van der Waals surface area contributed by atoms with E-state index in [0.29, 0.717) is 5.92 Å². The molecule has 20 heavy (non-hydrogen) atoms. The number of hydrogen-bond acceptors (Lipinski definition) is 4. The van der Waals surface area contributed by atoms with E-state index in [9.17, 15) is 0 Å². The van der Waals surface area contributed by atoms with E-state index in [-0.39, 0.29) is 0 Å². The van der Waals surface area contributed by atoms with Crippen LogP contribution in [0.3, 0.4) is 0 Å². The maximum Gasteiger partial charge on any atom is 0.132 e. The van der Waals surface area contributed by atoms with Crippen LogP contribution in [-0.4, -0.2) is 38.3 Å². The van der Waals surface area contributed by atoms with E-state index in [2.05, 4.69) is 51.2 Å². The summed E-state index contributed by atoms with van der Waals surface area (Å²) in [5.74, 6) is 1.69. The standard InChI is InChI=1S/C15H24BrN3O/c1-3-17-8-13-7-14(16)9-18-15(13)19(2)10-12-5-4-6-20-11-12/h7,9,12,17H,3-6,8,10-11H2,1-2H3. The Kier molecular flexibility index (Phi) is 6.26. The Morgan fingerprint density at radius 3 is 3.10 bits per heavy atom. The Morgan fingerprint density at radius 2 is 2.40 bits per heavy atom. The minimum absolute atomic E-state index is 0.617. The van der Waals surface area contributed by atoms with Crippen LogP contribution in [0.2, 0.25) is 0 Å².